The molecule has 20 heavy (non-hydrogen) atoms. The number of aliphatic hydroxyl groups excluding tert-OH is 1. The van der Waals surface area contributed by atoms with Crippen LogP contribution in [0.5, 0.6) is 0 Å². The number of pyridine rings is 1. The largest absolute Gasteiger partial charge is 0.387 e. The van der Waals surface area contributed by atoms with Crippen LogP contribution < -0.4 is 0 Å². The summed E-state index contributed by atoms with van der Waals surface area (Å²) in [6.45, 7) is 2.23. The summed E-state index contributed by atoms with van der Waals surface area (Å²) in [5.74, 6) is 0. The van der Waals surface area contributed by atoms with Gasteiger partial charge in [0.05, 0.1) is 21.8 Å². The Balaban J connectivity index is 2.15. The second-order valence-corrected chi connectivity index (χ2v) is 6.14. The number of halogens is 2. The summed E-state index contributed by atoms with van der Waals surface area (Å²) in [5, 5.41) is 11.0. The molecule has 0 aromatic carbocycles. The highest BCUT2D eigenvalue weighted by Crippen LogP contribution is 2.27. The van der Waals surface area contributed by atoms with Gasteiger partial charge in [-0.1, -0.05) is 81.5 Å². The van der Waals surface area contributed by atoms with Gasteiger partial charge in [-0.15, -0.1) is 0 Å². The molecule has 0 amide bonds. The molecule has 114 valence electrons. The van der Waals surface area contributed by atoms with E-state index in [1.807, 2.05) is 0 Å². The van der Waals surface area contributed by atoms with Gasteiger partial charge >= 0.3 is 0 Å². The van der Waals surface area contributed by atoms with Crippen LogP contribution >= 0.6 is 23.2 Å². The fraction of sp³-hybridized carbons (Fsp3) is 0.688. The predicted molar refractivity (Wildman–Crippen MR) is 86.4 cm³/mol. The number of nitrogens with zero attached hydrogens (tertiary/aromatic N) is 1. The summed E-state index contributed by atoms with van der Waals surface area (Å²) < 4.78 is 0. The van der Waals surface area contributed by atoms with Crippen LogP contribution in [0.4, 0.5) is 0 Å². The summed E-state index contributed by atoms with van der Waals surface area (Å²) in [4.78, 5) is 4.11. The highest BCUT2D eigenvalue weighted by molar-refractivity contribution is 6.34. The summed E-state index contributed by atoms with van der Waals surface area (Å²) in [7, 11) is 0. The van der Waals surface area contributed by atoms with E-state index in [4.69, 9.17) is 23.2 Å². The molecular formula is C16H25Cl2NO. The molecule has 0 aliphatic carbocycles. The molecule has 1 N–H and O–H groups in total. The normalized spacial score (nSPS) is 12.6. The lowest BCUT2D eigenvalue weighted by molar-refractivity contribution is 0.159. The van der Waals surface area contributed by atoms with Crippen molar-refractivity contribution in [1.82, 2.24) is 4.98 Å². The monoisotopic (exact) mass is 317 g/mol. The van der Waals surface area contributed by atoms with Gasteiger partial charge in [0.1, 0.15) is 0 Å². The van der Waals surface area contributed by atoms with Crippen molar-refractivity contribution in [3.63, 3.8) is 0 Å². The number of hydrogen-bond acceptors (Lipinski definition) is 2. The Hall–Kier alpha value is -0.310. The van der Waals surface area contributed by atoms with Crippen molar-refractivity contribution in [3.8, 4) is 0 Å². The lowest BCUT2D eigenvalue weighted by Crippen LogP contribution is -2.01. The Labute approximate surface area is 132 Å². The molecule has 1 rings (SSSR count). The van der Waals surface area contributed by atoms with E-state index >= 15 is 0 Å². The number of aromatic nitrogens is 1. The predicted octanol–water partition coefficient (Wildman–Crippen LogP) is 5.95. The van der Waals surface area contributed by atoms with E-state index in [1.165, 1.54) is 44.7 Å². The van der Waals surface area contributed by atoms with Gasteiger partial charge in [-0.05, 0) is 12.5 Å². The van der Waals surface area contributed by atoms with Gasteiger partial charge < -0.3 is 5.11 Å². The standard InChI is InChI=1S/C16H25Cl2NO/c1-2-3-4-5-6-7-8-9-10-15(20)16-14(18)11-13(17)12-19-16/h11-12,15,20H,2-10H2,1H3. The second kappa shape index (κ2) is 10.4. The highest BCUT2D eigenvalue weighted by Gasteiger charge is 2.13. The second-order valence-electron chi connectivity index (χ2n) is 5.30. The molecular weight excluding hydrogens is 293 g/mol. The minimum absolute atomic E-state index is 0.449. The van der Waals surface area contributed by atoms with Crippen LogP contribution in [0.2, 0.25) is 10.0 Å². The van der Waals surface area contributed by atoms with Gasteiger partial charge in [-0.2, -0.15) is 0 Å². The first-order valence-corrected chi connectivity index (χ1v) is 8.39. The fourth-order valence-electron chi connectivity index (χ4n) is 2.28. The van der Waals surface area contributed by atoms with Crippen LogP contribution in [0.15, 0.2) is 12.3 Å². The van der Waals surface area contributed by atoms with E-state index < -0.39 is 6.10 Å². The molecule has 1 unspecified atom stereocenters. The Morgan fingerprint density at radius 2 is 1.65 bits per heavy atom. The van der Waals surface area contributed by atoms with E-state index in [-0.39, 0.29) is 0 Å². The van der Waals surface area contributed by atoms with Gasteiger partial charge in [-0.3, -0.25) is 4.98 Å². The molecule has 1 aromatic rings. The van der Waals surface area contributed by atoms with Crippen LogP contribution in [0.3, 0.4) is 0 Å². The van der Waals surface area contributed by atoms with Gasteiger partial charge in [0.15, 0.2) is 0 Å². The molecule has 0 bridgehead atoms. The van der Waals surface area contributed by atoms with E-state index in [0.717, 1.165) is 12.8 Å². The molecule has 0 spiro atoms. The number of hydrogen-bond donors (Lipinski definition) is 1. The topological polar surface area (TPSA) is 33.1 Å². The van der Waals surface area contributed by atoms with Crippen LogP contribution in [-0.2, 0) is 0 Å². The number of aliphatic hydroxyl groups is 1. The Kier molecular flexibility index (Phi) is 9.24. The van der Waals surface area contributed by atoms with Crippen LogP contribution in [0.1, 0.15) is 76.5 Å². The zero-order chi connectivity index (χ0) is 14.8. The minimum Gasteiger partial charge on any atom is -0.387 e. The maximum absolute atomic E-state index is 10.1. The maximum atomic E-state index is 10.1. The number of unbranched alkanes of at least 4 members (excludes halogenated alkanes) is 7. The lowest BCUT2D eigenvalue weighted by Gasteiger charge is -2.11. The van der Waals surface area contributed by atoms with Gasteiger partial charge in [0, 0.05) is 6.20 Å². The minimum atomic E-state index is -0.583. The third-order valence-corrected chi connectivity index (χ3v) is 3.99. The molecule has 0 saturated carbocycles. The fourth-order valence-corrected chi connectivity index (χ4v) is 2.78. The maximum Gasteiger partial charge on any atom is 0.0974 e. The smallest absolute Gasteiger partial charge is 0.0974 e. The third-order valence-electron chi connectivity index (χ3n) is 3.48. The Bertz CT molecular complexity index is 385. The lowest BCUT2D eigenvalue weighted by atomic mass is 10.0. The van der Waals surface area contributed by atoms with Crippen molar-refractivity contribution >= 4 is 23.2 Å². The summed E-state index contributed by atoms with van der Waals surface area (Å²) >= 11 is 11.8. The molecule has 0 saturated heterocycles. The van der Waals surface area contributed by atoms with Crippen LogP contribution in [0, 0.1) is 0 Å². The summed E-state index contributed by atoms with van der Waals surface area (Å²) in [6, 6.07) is 1.63. The van der Waals surface area contributed by atoms with E-state index in [1.54, 1.807) is 6.07 Å². The molecule has 4 heteroatoms. The summed E-state index contributed by atoms with van der Waals surface area (Å²) in [5.41, 5.74) is 0.541. The zero-order valence-electron chi connectivity index (χ0n) is 12.2. The Morgan fingerprint density at radius 3 is 2.25 bits per heavy atom. The summed E-state index contributed by atoms with van der Waals surface area (Å²) in [6.07, 6.45) is 11.7. The van der Waals surface area contributed by atoms with E-state index in [2.05, 4.69) is 11.9 Å². The van der Waals surface area contributed by atoms with Gasteiger partial charge in [-0.25, -0.2) is 0 Å². The quantitative estimate of drug-likeness (QED) is 0.540. The van der Waals surface area contributed by atoms with Crippen LogP contribution in [0.25, 0.3) is 0 Å². The average Bonchev–Trinajstić information content (AvgIpc) is 2.41. The molecule has 1 heterocycles. The average molecular weight is 318 g/mol. The van der Waals surface area contributed by atoms with E-state index in [0.29, 0.717) is 22.2 Å². The SMILES string of the molecule is CCCCCCCCCCC(O)c1ncc(Cl)cc1Cl. The first-order valence-electron chi connectivity index (χ1n) is 7.64. The van der Waals surface area contributed by atoms with Crippen molar-refractivity contribution in [3.05, 3.63) is 28.0 Å². The zero-order valence-corrected chi connectivity index (χ0v) is 13.8. The van der Waals surface area contributed by atoms with Gasteiger partial charge in [0.25, 0.3) is 0 Å². The van der Waals surface area contributed by atoms with Crippen LogP contribution in [-0.4, -0.2) is 10.1 Å². The van der Waals surface area contributed by atoms with Crippen molar-refractivity contribution < 1.29 is 5.11 Å². The molecule has 1 atom stereocenters. The third kappa shape index (κ3) is 6.92. The highest BCUT2D eigenvalue weighted by atomic mass is 35.5. The molecule has 2 nitrogen and oxygen atoms in total. The first-order chi connectivity index (χ1) is 9.65. The number of rotatable bonds is 10. The van der Waals surface area contributed by atoms with Crippen molar-refractivity contribution in [2.45, 2.75) is 70.8 Å². The molecule has 1 aromatic heterocycles. The van der Waals surface area contributed by atoms with E-state index in [9.17, 15) is 5.11 Å². The van der Waals surface area contributed by atoms with Crippen molar-refractivity contribution in [1.29, 1.82) is 0 Å². The molecule has 0 fully saturated rings. The Morgan fingerprint density at radius 1 is 1.05 bits per heavy atom. The van der Waals surface area contributed by atoms with Gasteiger partial charge in [0.2, 0.25) is 0 Å². The van der Waals surface area contributed by atoms with Crippen molar-refractivity contribution in [2.75, 3.05) is 0 Å². The van der Waals surface area contributed by atoms with Crippen molar-refractivity contribution in [2.24, 2.45) is 0 Å². The molecule has 0 aliphatic rings. The molecule has 0 aliphatic heterocycles. The first kappa shape index (κ1) is 17.7. The molecule has 0 radical (unpaired) electrons.